The number of anilines is 2. The number of carbonyl (C=O) groups is 1. The Morgan fingerprint density at radius 2 is 1.90 bits per heavy atom. The zero-order valence-electron chi connectivity index (χ0n) is 12.2. The molecule has 1 aliphatic rings. The lowest BCUT2D eigenvalue weighted by Crippen LogP contribution is -2.44. The van der Waals surface area contributed by atoms with Crippen molar-refractivity contribution in [1.82, 2.24) is 4.90 Å². The van der Waals surface area contributed by atoms with Crippen molar-refractivity contribution >= 4 is 27.9 Å². The highest BCUT2D eigenvalue weighted by Crippen LogP contribution is 2.45. The summed E-state index contributed by atoms with van der Waals surface area (Å²) in [5, 5.41) is 0.915. The first-order valence-electron chi connectivity index (χ1n) is 6.72. The van der Waals surface area contributed by atoms with Gasteiger partial charge in [-0.3, -0.25) is 4.79 Å². The van der Waals surface area contributed by atoms with Crippen LogP contribution in [-0.2, 0) is 0 Å². The van der Waals surface area contributed by atoms with Gasteiger partial charge < -0.3 is 26.0 Å². The number of primary amides is 1. The molecule has 2 heterocycles. The van der Waals surface area contributed by atoms with Gasteiger partial charge in [0.1, 0.15) is 15.6 Å². The predicted octanol–water partition coefficient (Wildman–Crippen LogP) is 0.968. The number of hydrogen-bond acceptors (Lipinski definition) is 6. The second-order valence-electron chi connectivity index (χ2n) is 5.30. The number of carbonyl (C=O) groups excluding carboxylic acids is 1. The molecule has 20 heavy (non-hydrogen) atoms. The van der Waals surface area contributed by atoms with E-state index in [1.807, 2.05) is 13.8 Å². The van der Waals surface area contributed by atoms with Gasteiger partial charge in [-0.15, -0.1) is 11.3 Å². The summed E-state index contributed by atoms with van der Waals surface area (Å²) in [6.07, 6.45) is -0.00107. The molecular weight excluding hydrogens is 276 g/mol. The molecule has 6 nitrogen and oxygen atoms in total. The minimum atomic E-state index is -0.499. The molecule has 1 aliphatic heterocycles. The van der Waals surface area contributed by atoms with Crippen LogP contribution in [0.2, 0.25) is 0 Å². The lowest BCUT2D eigenvalue weighted by atomic mass is 10.3. The summed E-state index contributed by atoms with van der Waals surface area (Å²) >= 11 is 1.33. The van der Waals surface area contributed by atoms with E-state index < -0.39 is 5.91 Å². The maximum Gasteiger partial charge on any atom is 0.261 e. The van der Waals surface area contributed by atoms with E-state index in [0.717, 1.165) is 31.2 Å². The fraction of sp³-hybridized carbons (Fsp3) is 0.615. The highest BCUT2D eigenvalue weighted by atomic mass is 32.1. The first kappa shape index (κ1) is 14.9. The molecule has 0 bridgehead atoms. The Hall–Kier alpha value is -1.47. The van der Waals surface area contributed by atoms with Crippen LogP contribution >= 0.6 is 11.3 Å². The van der Waals surface area contributed by atoms with Crippen LogP contribution < -0.4 is 21.1 Å². The average molecular weight is 298 g/mol. The number of nitrogen functional groups attached to an aromatic ring is 1. The first-order chi connectivity index (χ1) is 9.40. The molecule has 1 aromatic rings. The van der Waals surface area contributed by atoms with E-state index in [0.29, 0.717) is 16.3 Å². The van der Waals surface area contributed by atoms with Crippen LogP contribution in [0.15, 0.2) is 0 Å². The van der Waals surface area contributed by atoms with Gasteiger partial charge in [-0.25, -0.2) is 0 Å². The SMILES string of the molecule is CC(C)Oc1c(N2CCN(C)CC2)sc(C(N)=O)c1N. The Kier molecular flexibility index (Phi) is 4.39. The largest absolute Gasteiger partial charge is 0.486 e. The van der Waals surface area contributed by atoms with Crippen LogP contribution in [0.5, 0.6) is 5.75 Å². The summed E-state index contributed by atoms with van der Waals surface area (Å²) < 4.78 is 5.81. The van der Waals surface area contributed by atoms with E-state index in [2.05, 4.69) is 16.8 Å². The molecule has 0 atom stereocenters. The third-order valence-electron chi connectivity index (χ3n) is 3.25. The van der Waals surface area contributed by atoms with E-state index in [4.69, 9.17) is 16.2 Å². The van der Waals surface area contributed by atoms with Crippen LogP contribution in [0.25, 0.3) is 0 Å². The average Bonchev–Trinajstić information content (AvgIpc) is 2.68. The molecule has 0 spiro atoms. The minimum absolute atomic E-state index is 0.00107. The van der Waals surface area contributed by atoms with Crippen LogP contribution in [0, 0.1) is 0 Å². The molecule has 112 valence electrons. The number of ether oxygens (including phenoxy) is 1. The molecule has 0 saturated carbocycles. The maximum absolute atomic E-state index is 11.5. The van der Waals surface area contributed by atoms with Gasteiger partial charge in [0.15, 0.2) is 5.75 Å². The second kappa shape index (κ2) is 5.88. The molecule has 0 aromatic carbocycles. The molecule has 0 unspecified atom stereocenters. The fourth-order valence-corrected chi connectivity index (χ4v) is 3.23. The van der Waals surface area contributed by atoms with Gasteiger partial charge in [-0.1, -0.05) is 0 Å². The molecule has 4 N–H and O–H groups in total. The third kappa shape index (κ3) is 2.99. The topological polar surface area (TPSA) is 84.8 Å². The van der Waals surface area contributed by atoms with Crippen molar-refractivity contribution in [2.45, 2.75) is 20.0 Å². The van der Waals surface area contributed by atoms with Gasteiger partial charge in [0, 0.05) is 26.2 Å². The van der Waals surface area contributed by atoms with Gasteiger partial charge in [0.25, 0.3) is 5.91 Å². The minimum Gasteiger partial charge on any atom is -0.486 e. The number of likely N-dealkylation sites (N-methyl/N-ethyl adjacent to an activating group) is 1. The zero-order valence-corrected chi connectivity index (χ0v) is 13.0. The Morgan fingerprint density at radius 1 is 1.30 bits per heavy atom. The standard InChI is InChI=1S/C13H22N4O2S/c1-8(2)19-10-9(14)11(12(15)18)20-13(10)17-6-4-16(3)5-7-17/h8H,4-7,14H2,1-3H3,(H2,15,18). The number of thiophene rings is 1. The molecule has 1 saturated heterocycles. The number of rotatable bonds is 4. The quantitative estimate of drug-likeness (QED) is 0.865. The fourth-order valence-electron chi connectivity index (χ4n) is 2.17. The van der Waals surface area contributed by atoms with Crippen molar-refractivity contribution in [3.8, 4) is 5.75 Å². The van der Waals surface area contributed by atoms with Gasteiger partial charge in [0.2, 0.25) is 0 Å². The van der Waals surface area contributed by atoms with E-state index in [1.54, 1.807) is 0 Å². The monoisotopic (exact) mass is 298 g/mol. The zero-order chi connectivity index (χ0) is 14.9. The van der Waals surface area contributed by atoms with Crippen molar-refractivity contribution in [1.29, 1.82) is 0 Å². The Balaban J connectivity index is 2.34. The van der Waals surface area contributed by atoms with Gasteiger partial charge in [-0.05, 0) is 20.9 Å². The molecule has 1 fully saturated rings. The summed E-state index contributed by atoms with van der Waals surface area (Å²) in [6.45, 7) is 7.62. The summed E-state index contributed by atoms with van der Waals surface area (Å²) in [5.74, 6) is 0.102. The highest BCUT2D eigenvalue weighted by Gasteiger charge is 2.26. The lowest BCUT2D eigenvalue weighted by molar-refractivity contribution is 0.100. The number of hydrogen-bond donors (Lipinski definition) is 2. The lowest BCUT2D eigenvalue weighted by Gasteiger charge is -2.33. The summed E-state index contributed by atoms with van der Waals surface area (Å²) in [4.78, 5) is 16.3. The molecular formula is C13H22N4O2S. The van der Waals surface area contributed by atoms with Crippen LogP contribution in [-0.4, -0.2) is 50.1 Å². The molecule has 0 radical (unpaired) electrons. The molecule has 7 heteroatoms. The third-order valence-corrected chi connectivity index (χ3v) is 4.51. The maximum atomic E-state index is 11.5. The van der Waals surface area contributed by atoms with Crippen molar-refractivity contribution < 1.29 is 9.53 Å². The van der Waals surface area contributed by atoms with Crippen LogP contribution in [0.3, 0.4) is 0 Å². The molecule has 1 amide bonds. The Labute approximate surface area is 123 Å². The first-order valence-corrected chi connectivity index (χ1v) is 7.54. The molecule has 2 rings (SSSR count). The predicted molar refractivity (Wildman–Crippen MR) is 82.7 cm³/mol. The van der Waals surface area contributed by atoms with Crippen molar-refractivity contribution in [3.63, 3.8) is 0 Å². The van der Waals surface area contributed by atoms with Gasteiger partial charge in [-0.2, -0.15) is 0 Å². The summed E-state index contributed by atoms with van der Waals surface area (Å²) in [5.41, 5.74) is 11.8. The highest BCUT2D eigenvalue weighted by molar-refractivity contribution is 7.19. The second-order valence-corrected chi connectivity index (χ2v) is 6.30. The molecule has 1 aromatic heterocycles. The van der Waals surface area contributed by atoms with E-state index in [9.17, 15) is 4.79 Å². The summed E-state index contributed by atoms with van der Waals surface area (Å²) in [7, 11) is 2.10. The Bertz CT molecular complexity index is 493. The van der Waals surface area contributed by atoms with Gasteiger partial charge >= 0.3 is 0 Å². The Morgan fingerprint density at radius 3 is 2.40 bits per heavy atom. The normalized spacial score (nSPS) is 16.7. The van der Waals surface area contributed by atoms with Crippen molar-refractivity contribution in [3.05, 3.63) is 4.88 Å². The van der Waals surface area contributed by atoms with Gasteiger partial charge in [0.05, 0.1) is 6.10 Å². The number of nitrogens with zero attached hydrogens (tertiary/aromatic N) is 2. The van der Waals surface area contributed by atoms with E-state index in [-0.39, 0.29) is 6.10 Å². The van der Waals surface area contributed by atoms with Crippen molar-refractivity contribution in [2.24, 2.45) is 5.73 Å². The van der Waals surface area contributed by atoms with Crippen molar-refractivity contribution in [2.75, 3.05) is 43.9 Å². The number of amides is 1. The number of nitrogens with two attached hydrogens (primary N) is 2. The van der Waals surface area contributed by atoms with Crippen LogP contribution in [0.1, 0.15) is 23.5 Å². The summed E-state index contributed by atoms with van der Waals surface area (Å²) in [6, 6.07) is 0. The van der Waals surface area contributed by atoms with Crippen LogP contribution in [0.4, 0.5) is 10.7 Å². The smallest absolute Gasteiger partial charge is 0.261 e. The van der Waals surface area contributed by atoms with E-state index in [1.165, 1.54) is 11.3 Å². The number of piperazine rings is 1. The van der Waals surface area contributed by atoms with E-state index >= 15 is 0 Å². The molecule has 0 aliphatic carbocycles.